The van der Waals surface area contributed by atoms with Crippen LogP contribution in [0.3, 0.4) is 0 Å². The molecule has 0 saturated carbocycles. The van der Waals surface area contributed by atoms with Crippen LogP contribution in [0.4, 0.5) is 0 Å². The fourth-order valence-corrected chi connectivity index (χ4v) is 3.82. The number of rotatable bonds is 7. The first-order valence-corrected chi connectivity index (χ1v) is 9.82. The molecule has 1 atom stereocenters. The lowest BCUT2D eigenvalue weighted by Gasteiger charge is -2.34. The molecule has 1 amide bonds. The molecular weight excluding hydrogens is 463 g/mol. The molecule has 0 aliphatic carbocycles. The maximum absolute atomic E-state index is 10.8. The Hall–Kier alpha value is -1.16. The third-order valence-electron chi connectivity index (χ3n) is 3.92. The topological polar surface area (TPSA) is 80.0 Å². The van der Waals surface area contributed by atoms with E-state index in [1.165, 1.54) is 6.42 Å². The number of nitrogens with zero attached hydrogens (tertiary/aromatic N) is 2. The van der Waals surface area contributed by atoms with Crippen LogP contribution in [0.25, 0.3) is 0 Å². The van der Waals surface area contributed by atoms with E-state index in [1.807, 2.05) is 36.0 Å². The van der Waals surface area contributed by atoms with Gasteiger partial charge in [0.05, 0.1) is 6.54 Å². The Morgan fingerprint density at radius 1 is 1.46 bits per heavy atom. The van der Waals surface area contributed by atoms with E-state index in [0.29, 0.717) is 17.5 Å². The van der Waals surface area contributed by atoms with Gasteiger partial charge in [-0.15, -0.1) is 24.0 Å². The van der Waals surface area contributed by atoms with Gasteiger partial charge in [-0.2, -0.15) is 11.8 Å². The Bertz CT molecular complexity index is 600. The van der Waals surface area contributed by atoms with Crippen molar-refractivity contribution in [1.82, 2.24) is 10.2 Å². The van der Waals surface area contributed by atoms with Gasteiger partial charge in [-0.1, -0.05) is 19.1 Å². The average molecular weight is 492 g/mol. The number of aliphatic imine (C=N–C) groups is 1. The molecule has 8 heteroatoms. The molecule has 0 aromatic heterocycles. The second-order valence-electron chi connectivity index (χ2n) is 5.92. The van der Waals surface area contributed by atoms with Crippen molar-refractivity contribution >= 4 is 47.6 Å². The van der Waals surface area contributed by atoms with E-state index in [2.05, 4.69) is 24.1 Å². The van der Waals surface area contributed by atoms with Crippen molar-refractivity contribution < 1.29 is 9.53 Å². The van der Waals surface area contributed by atoms with Crippen molar-refractivity contribution in [2.75, 3.05) is 32.0 Å². The van der Waals surface area contributed by atoms with Crippen LogP contribution in [0, 0.1) is 0 Å². The minimum absolute atomic E-state index is 0. The van der Waals surface area contributed by atoms with Crippen molar-refractivity contribution in [3.8, 4) is 5.75 Å². The maximum atomic E-state index is 10.8. The number of carbonyl (C=O) groups excluding carboxylic acids is 1. The molecular formula is C18H29IN4O2S. The van der Waals surface area contributed by atoms with Gasteiger partial charge in [0.2, 0.25) is 0 Å². The number of guanidine groups is 1. The van der Waals surface area contributed by atoms with Crippen LogP contribution >= 0.6 is 35.7 Å². The summed E-state index contributed by atoms with van der Waals surface area (Å²) >= 11 is 2.05. The first-order chi connectivity index (χ1) is 12.1. The minimum Gasteiger partial charge on any atom is -0.484 e. The number of nitrogens with two attached hydrogens (primary N) is 1. The summed E-state index contributed by atoms with van der Waals surface area (Å²) in [6.45, 7) is 7.69. The predicted octanol–water partition coefficient (Wildman–Crippen LogP) is 2.46. The number of nitrogens with one attached hydrogen (secondary N) is 1. The molecule has 2 rings (SSSR count). The quantitative estimate of drug-likeness (QED) is 0.348. The lowest BCUT2D eigenvalue weighted by atomic mass is 10.2. The van der Waals surface area contributed by atoms with Gasteiger partial charge in [-0.05, 0) is 31.0 Å². The third kappa shape index (κ3) is 7.61. The second-order valence-corrected chi connectivity index (χ2v) is 7.33. The number of halogens is 1. The van der Waals surface area contributed by atoms with Gasteiger partial charge in [-0.3, -0.25) is 4.79 Å². The number of primary amides is 1. The number of hydrogen-bond donors (Lipinski definition) is 2. The van der Waals surface area contributed by atoms with Crippen molar-refractivity contribution in [3.05, 3.63) is 29.8 Å². The normalized spacial score (nSPS) is 17.4. The molecule has 1 heterocycles. The number of carbonyl (C=O) groups is 1. The molecule has 1 fully saturated rings. The molecule has 1 unspecified atom stereocenters. The van der Waals surface area contributed by atoms with Crippen LogP contribution < -0.4 is 15.8 Å². The van der Waals surface area contributed by atoms with Crippen LogP contribution in [0.5, 0.6) is 5.75 Å². The van der Waals surface area contributed by atoms with Crippen molar-refractivity contribution in [3.63, 3.8) is 0 Å². The second kappa shape index (κ2) is 12.3. The molecule has 0 bridgehead atoms. The molecule has 26 heavy (non-hydrogen) atoms. The van der Waals surface area contributed by atoms with E-state index >= 15 is 0 Å². The van der Waals surface area contributed by atoms with E-state index in [9.17, 15) is 4.79 Å². The molecule has 1 aromatic carbocycles. The highest BCUT2D eigenvalue weighted by atomic mass is 127. The highest BCUT2D eigenvalue weighted by Gasteiger charge is 2.21. The van der Waals surface area contributed by atoms with Crippen LogP contribution in [0.15, 0.2) is 29.3 Å². The summed E-state index contributed by atoms with van der Waals surface area (Å²) in [5, 5.41) is 4.07. The summed E-state index contributed by atoms with van der Waals surface area (Å²) in [5.74, 6) is 2.26. The molecule has 1 aliphatic heterocycles. The van der Waals surface area contributed by atoms with Crippen LogP contribution in [0.1, 0.15) is 25.8 Å². The first kappa shape index (κ1) is 22.9. The van der Waals surface area contributed by atoms with Crippen LogP contribution in [-0.4, -0.2) is 54.0 Å². The summed E-state index contributed by atoms with van der Waals surface area (Å²) in [5.41, 5.74) is 6.15. The summed E-state index contributed by atoms with van der Waals surface area (Å²) in [4.78, 5) is 18.0. The standard InChI is InChI=1S/C18H28N4O2S.HI/c1-3-16-12-22(8-9-25-16)18(20-4-2)21-11-14-6-5-7-15(10-14)24-13-17(19)23;/h5-7,10,16H,3-4,8-9,11-13H2,1-2H3,(H2,19,23)(H,20,21);1H. The minimum atomic E-state index is -0.480. The number of amides is 1. The molecule has 3 N–H and O–H groups in total. The zero-order valence-corrected chi connectivity index (χ0v) is 18.6. The molecule has 0 radical (unpaired) electrons. The highest BCUT2D eigenvalue weighted by molar-refractivity contribution is 14.0. The van der Waals surface area contributed by atoms with Gasteiger partial charge in [0.15, 0.2) is 12.6 Å². The first-order valence-electron chi connectivity index (χ1n) is 8.77. The number of benzene rings is 1. The lowest BCUT2D eigenvalue weighted by Crippen LogP contribution is -2.48. The van der Waals surface area contributed by atoms with E-state index in [0.717, 1.165) is 36.9 Å². The molecule has 1 aromatic rings. The average Bonchev–Trinajstić information content (AvgIpc) is 2.64. The molecule has 1 saturated heterocycles. The van der Waals surface area contributed by atoms with Gasteiger partial charge >= 0.3 is 0 Å². The molecule has 0 spiro atoms. The fourth-order valence-electron chi connectivity index (χ4n) is 2.64. The predicted molar refractivity (Wildman–Crippen MR) is 119 cm³/mol. The Kier molecular flexibility index (Phi) is 10.8. The van der Waals surface area contributed by atoms with Crippen molar-refractivity contribution in [1.29, 1.82) is 0 Å². The lowest BCUT2D eigenvalue weighted by molar-refractivity contribution is -0.119. The molecule has 146 valence electrons. The van der Waals surface area contributed by atoms with Crippen LogP contribution in [0.2, 0.25) is 0 Å². The third-order valence-corrected chi connectivity index (χ3v) is 5.29. The van der Waals surface area contributed by atoms with Gasteiger partial charge in [-0.25, -0.2) is 4.99 Å². The Morgan fingerprint density at radius 3 is 2.96 bits per heavy atom. The van der Waals surface area contributed by atoms with Gasteiger partial charge < -0.3 is 20.7 Å². The highest BCUT2D eigenvalue weighted by Crippen LogP contribution is 2.21. The Balaban J connectivity index is 0.00000338. The Morgan fingerprint density at radius 2 is 2.27 bits per heavy atom. The zero-order chi connectivity index (χ0) is 18.1. The van der Waals surface area contributed by atoms with Gasteiger partial charge in [0, 0.05) is 30.6 Å². The molecule has 6 nitrogen and oxygen atoms in total. The number of thioether (sulfide) groups is 1. The largest absolute Gasteiger partial charge is 0.484 e. The summed E-state index contributed by atoms with van der Waals surface area (Å²) < 4.78 is 5.36. The van der Waals surface area contributed by atoms with E-state index in [-0.39, 0.29) is 30.6 Å². The van der Waals surface area contributed by atoms with E-state index < -0.39 is 5.91 Å². The van der Waals surface area contributed by atoms with Gasteiger partial charge in [0.1, 0.15) is 5.75 Å². The number of hydrogen-bond acceptors (Lipinski definition) is 4. The Labute approximate surface area is 177 Å². The monoisotopic (exact) mass is 492 g/mol. The zero-order valence-electron chi connectivity index (χ0n) is 15.4. The summed E-state index contributed by atoms with van der Waals surface area (Å²) in [6, 6.07) is 7.62. The van der Waals surface area contributed by atoms with E-state index in [4.69, 9.17) is 15.5 Å². The summed E-state index contributed by atoms with van der Waals surface area (Å²) in [6.07, 6.45) is 1.18. The van der Waals surface area contributed by atoms with E-state index in [1.54, 1.807) is 0 Å². The maximum Gasteiger partial charge on any atom is 0.255 e. The SMILES string of the molecule is CCNC(=NCc1cccc(OCC(N)=O)c1)N1CCSC(CC)C1.I. The van der Waals surface area contributed by atoms with Gasteiger partial charge in [0.25, 0.3) is 5.91 Å². The summed E-state index contributed by atoms with van der Waals surface area (Å²) in [7, 11) is 0. The van der Waals surface area contributed by atoms with Crippen LogP contribution in [-0.2, 0) is 11.3 Å². The fraction of sp³-hybridized carbons (Fsp3) is 0.556. The van der Waals surface area contributed by atoms with Crippen molar-refractivity contribution in [2.45, 2.75) is 32.1 Å². The smallest absolute Gasteiger partial charge is 0.255 e. The van der Waals surface area contributed by atoms with Crippen molar-refractivity contribution in [2.24, 2.45) is 10.7 Å². The number of ether oxygens (including phenoxy) is 1. The molecule has 1 aliphatic rings.